The summed E-state index contributed by atoms with van der Waals surface area (Å²) in [7, 11) is 0. The Hall–Kier alpha value is -2.14. The predicted octanol–water partition coefficient (Wildman–Crippen LogP) is 2.21. The van der Waals surface area contributed by atoms with Crippen molar-refractivity contribution < 1.29 is 4.79 Å². The van der Waals surface area contributed by atoms with Crippen molar-refractivity contribution in [3.63, 3.8) is 0 Å². The van der Waals surface area contributed by atoms with Gasteiger partial charge in [-0.3, -0.25) is 9.48 Å². The van der Waals surface area contributed by atoms with Crippen LogP contribution in [0.3, 0.4) is 0 Å². The monoisotopic (exact) mass is 298 g/mol. The third-order valence-corrected chi connectivity index (χ3v) is 3.97. The average Bonchev–Trinajstić information content (AvgIpc) is 3.19. The van der Waals surface area contributed by atoms with Crippen molar-refractivity contribution in [2.75, 3.05) is 11.9 Å². The van der Waals surface area contributed by atoms with Gasteiger partial charge in [0, 0.05) is 18.7 Å². The van der Waals surface area contributed by atoms with Crippen LogP contribution in [0.2, 0.25) is 0 Å². The van der Waals surface area contributed by atoms with Crippen LogP contribution in [0.25, 0.3) is 0 Å². The molecule has 2 heterocycles. The summed E-state index contributed by atoms with van der Waals surface area (Å²) in [4.78, 5) is 12.0. The zero-order chi connectivity index (χ0) is 15.2. The van der Waals surface area contributed by atoms with Gasteiger partial charge in [0.1, 0.15) is 0 Å². The van der Waals surface area contributed by atoms with E-state index >= 15 is 0 Å². The summed E-state index contributed by atoms with van der Waals surface area (Å²) in [6, 6.07) is 10.6. The van der Waals surface area contributed by atoms with E-state index in [4.69, 9.17) is 0 Å². The molecule has 1 atom stereocenters. The smallest absolute Gasteiger partial charge is 0.224 e. The molecule has 1 aliphatic heterocycles. The largest absolute Gasteiger partial charge is 0.323 e. The number of hydrogen-bond acceptors (Lipinski definition) is 3. The normalized spacial score (nSPS) is 17.5. The van der Waals surface area contributed by atoms with Gasteiger partial charge >= 0.3 is 0 Å². The molecule has 1 unspecified atom stereocenters. The van der Waals surface area contributed by atoms with E-state index in [1.807, 2.05) is 41.2 Å². The molecule has 5 heteroatoms. The maximum atomic E-state index is 12.0. The van der Waals surface area contributed by atoms with Crippen molar-refractivity contribution in [3.8, 4) is 0 Å². The summed E-state index contributed by atoms with van der Waals surface area (Å²) >= 11 is 0. The molecule has 0 radical (unpaired) electrons. The molecule has 3 rings (SSSR count). The fraction of sp³-hybridized carbons (Fsp3) is 0.412. The van der Waals surface area contributed by atoms with E-state index in [-0.39, 0.29) is 5.91 Å². The molecule has 22 heavy (non-hydrogen) atoms. The van der Waals surface area contributed by atoms with Crippen molar-refractivity contribution >= 4 is 11.6 Å². The lowest BCUT2D eigenvalue weighted by atomic mass is 10.1. The number of aryl methyl sites for hydroxylation is 1. The molecule has 1 amide bonds. The molecule has 1 aromatic heterocycles. The van der Waals surface area contributed by atoms with Crippen molar-refractivity contribution in [2.24, 2.45) is 0 Å². The summed E-state index contributed by atoms with van der Waals surface area (Å²) in [5, 5.41) is 10.7. The van der Waals surface area contributed by atoms with Crippen LogP contribution >= 0.6 is 0 Å². The van der Waals surface area contributed by atoms with Gasteiger partial charge in [-0.25, -0.2) is 0 Å². The second-order valence-electron chi connectivity index (χ2n) is 5.78. The van der Waals surface area contributed by atoms with Gasteiger partial charge in [-0.1, -0.05) is 30.3 Å². The summed E-state index contributed by atoms with van der Waals surface area (Å²) in [5.41, 5.74) is 1.96. The lowest BCUT2D eigenvalue weighted by molar-refractivity contribution is -0.116. The van der Waals surface area contributed by atoms with Gasteiger partial charge in [-0.05, 0) is 31.4 Å². The summed E-state index contributed by atoms with van der Waals surface area (Å²) in [5.74, 6) is 0.0300. The Bertz CT molecular complexity index is 602. The molecule has 5 nitrogen and oxygen atoms in total. The van der Waals surface area contributed by atoms with E-state index in [9.17, 15) is 4.79 Å². The number of benzene rings is 1. The minimum Gasteiger partial charge on any atom is -0.323 e. The first kappa shape index (κ1) is 14.8. The summed E-state index contributed by atoms with van der Waals surface area (Å²) in [6.45, 7) is 1.95. The van der Waals surface area contributed by atoms with Crippen LogP contribution in [0.4, 0.5) is 5.69 Å². The molecule has 2 N–H and O–H groups in total. The van der Waals surface area contributed by atoms with Crippen LogP contribution in [0.1, 0.15) is 24.8 Å². The van der Waals surface area contributed by atoms with Crippen LogP contribution in [0.5, 0.6) is 0 Å². The molecular formula is C17H22N4O. The maximum absolute atomic E-state index is 12.0. The minimum absolute atomic E-state index is 0.0300. The molecule has 1 fully saturated rings. The minimum atomic E-state index is 0.0300. The molecule has 1 saturated heterocycles. The first-order valence-electron chi connectivity index (χ1n) is 7.89. The highest BCUT2D eigenvalue weighted by molar-refractivity contribution is 5.90. The number of anilines is 1. The second kappa shape index (κ2) is 7.22. The van der Waals surface area contributed by atoms with Crippen molar-refractivity contribution in [2.45, 2.75) is 38.3 Å². The highest BCUT2D eigenvalue weighted by Crippen LogP contribution is 2.11. The van der Waals surface area contributed by atoms with Gasteiger partial charge in [0.15, 0.2) is 0 Å². The van der Waals surface area contributed by atoms with Crippen LogP contribution in [-0.4, -0.2) is 28.3 Å². The Morgan fingerprint density at radius 3 is 3.00 bits per heavy atom. The quantitative estimate of drug-likeness (QED) is 0.859. The van der Waals surface area contributed by atoms with Gasteiger partial charge in [0.05, 0.1) is 18.4 Å². The third kappa shape index (κ3) is 4.18. The molecular weight excluding hydrogens is 276 g/mol. The van der Waals surface area contributed by atoms with Gasteiger partial charge in [-0.15, -0.1) is 0 Å². The van der Waals surface area contributed by atoms with E-state index in [1.54, 1.807) is 6.20 Å². The lowest BCUT2D eigenvalue weighted by Gasteiger charge is -2.09. The summed E-state index contributed by atoms with van der Waals surface area (Å²) < 4.78 is 1.90. The van der Waals surface area contributed by atoms with E-state index in [0.717, 1.165) is 25.2 Å². The Balaban J connectivity index is 1.46. The Morgan fingerprint density at radius 1 is 1.36 bits per heavy atom. The van der Waals surface area contributed by atoms with Crippen molar-refractivity contribution in [1.82, 2.24) is 15.1 Å². The van der Waals surface area contributed by atoms with Crippen LogP contribution in [0, 0.1) is 0 Å². The fourth-order valence-corrected chi connectivity index (χ4v) is 2.79. The molecule has 1 aromatic carbocycles. The van der Waals surface area contributed by atoms with E-state index in [2.05, 4.69) is 15.7 Å². The number of rotatable bonds is 6. The molecule has 2 aromatic rings. The molecule has 0 bridgehead atoms. The number of carbonyl (C=O) groups is 1. The molecule has 0 aliphatic carbocycles. The Morgan fingerprint density at radius 2 is 2.23 bits per heavy atom. The molecule has 116 valence electrons. The standard InChI is InChI=1S/C17H22N4O/c22-17(9-8-14-5-2-1-3-6-14)20-16-11-19-21(13-16)12-15-7-4-10-18-15/h1-3,5-6,11,13,15,18H,4,7-10,12H2,(H,20,22). The first-order valence-corrected chi connectivity index (χ1v) is 7.89. The van der Waals surface area contributed by atoms with Gasteiger partial charge < -0.3 is 10.6 Å². The number of nitrogens with zero attached hydrogens (tertiary/aromatic N) is 2. The average molecular weight is 298 g/mol. The predicted molar refractivity (Wildman–Crippen MR) is 86.6 cm³/mol. The van der Waals surface area contributed by atoms with Crippen molar-refractivity contribution in [3.05, 3.63) is 48.3 Å². The molecule has 1 aliphatic rings. The number of nitrogens with one attached hydrogen (secondary N) is 2. The third-order valence-electron chi connectivity index (χ3n) is 3.97. The molecule has 0 spiro atoms. The zero-order valence-electron chi connectivity index (χ0n) is 12.7. The first-order chi connectivity index (χ1) is 10.8. The highest BCUT2D eigenvalue weighted by Gasteiger charge is 2.15. The summed E-state index contributed by atoms with van der Waals surface area (Å²) in [6.07, 6.45) is 7.29. The molecule has 0 saturated carbocycles. The van der Waals surface area contributed by atoms with E-state index in [1.165, 1.54) is 18.4 Å². The number of aromatic nitrogens is 2. The zero-order valence-corrected chi connectivity index (χ0v) is 12.7. The fourth-order valence-electron chi connectivity index (χ4n) is 2.79. The maximum Gasteiger partial charge on any atom is 0.224 e. The highest BCUT2D eigenvalue weighted by atomic mass is 16.1. The number of carbonyl (C=O) groups excluding carboxylic acids is 1. The Kier molecular flexibility index (Phi) is 4.85. The second-order valence-corrected chi connectivity index (χ2v) is 5.78. The van der Waals surface area contributed by atoms with Crippen LogP contribution in [0.15, 0.2) is 42.7 Å². The lowest BCUT2D eigenvalue weighted by Crippen LogP contribution is -2.26. The van der Waals surface area contributed by atoms with Crippen molar-refractivity contribution in [1.29, 1.82) is 0 Å². The van der Waals surface area contributed by atoms with E-state index in [0.29, 0.717) is 12.5 Å². The number of amides is 1. The van der Waals surface area contributed by atoms with Crippen LogP contribution < -0.4 is 10.6 Å². The topological polar surface area (TPSA) is 59.0 Å². The van der Waals surface area contributed by atoms with Gasteiger partial charge in [0.2, 0.25) is 5.91 Å². The van der Waals surface area contributed by atoms with Crippen LogP contribution in [-0.2, 0) is 17.8 Å². The SMILES string of the molecule is O=C(CCc1ccccc1)Nc1cnn(CC2CCCN2)c1. The van der Waals surface area contributed by atoms with Gasteiger partial charge in [0.25, 0.3) is 0 Å². The van der Waals surface area contributed by atoms with E-state index < -0.39 is 0 Å². The Labute approximate surface area is 130 Å². The van der Waals surface area contributed by atoms with Gasteiger partial charge in [-0.2, -0.15) is 5.10 Å². The number of hydrogen-bond donors (Lipinski definition) is 2.